The molecule has 0 saturated carbocycles. The SMILES string of the molecule is FC(F)(F)CCN1CCc2[nH]cnc2[C@@H]1Cc1ccccc1. The molecule has 0 fully saturated rings. The van der Waals surface area contributed by atoms with Crippen molar-refractivity contribution in [1.82, 2.24) is 14.9 Å². The Labute approximate surface area is 127 Å². The van der Waals surface area contributed by atoms with Gasteiger partial charge in [0, 0.05) is 25.2 Å². The number of hydrogen-bond donors (Lipinski definition) is 1. The van der Waals surface area contributed by atoms with Gasteiger partial charge in [0.15, 0.2) is 0 Å². The van der Waals surface area contributed by atoms with Gasteiger partial charge < -0.3 is 4.98 Å². The second-order valence-electron chi connectivity index (χ2n) is 5.62. The van der Waals surface area contributed by atoms with E-state index in [0.717, 1.165) is 23.4 Å². The summed E-state index contributed by atoms with van der Waals surface area (Å²) in [5.41, 5.74) is 3.04. The summed E-state index contributed by atoms with van der Waals surface area (Å²) in [7, 11) is 0. The van der Waals surface area contributed by atoms with Gasteiger partial charge in [0.1, 0.15) is 0 Å². The molecule has 118 valence electrons. The Hall–Kier alpha value is -1.82. The Balaban J connectivity index is 1.80. The number of nitrogens with zero attached hydrogens (tertiary/aromatic N) is 2. The molecular formula is C16H18F3N3. The van der Waals surface area contributed by atoms with Gasteiger partial charge in [-0.3, -0.25) is 4.90 Å². The third-order valence-electron chi connectivity index (χ3n) is 4.11. The van der Waals surface area contributed by atoms with Crippen molar-refractivity contribution in [2.75, 3.05) is 13.1 Å². The molecule has 0 spiro atoms. The summed E-state index contributed by atoms with van der Waals surface area (Å²) in [5.74, 6) is 0. The van der Waals surface area contributed by atoms with Crippen molar-refractivity contribution in [1.29, 1.82) is 0 Å². The van der Waals surface area contributed by atoms with E-state index in [-0.39, 0.29) is 12.6 Å². The van der Waals surface area contributed by atoms with Gasteiger partial charge >= 0.3 is 6.18 Å². The topological polar surface area (TPSA) is 31.9 Å². The quantitative estimate of drug-likeness (QED) is 0.937. The summed E-state index contributed by atoms with van der Waals surface area (Å²) in [5, 5.41) is 0. The van der Waals surface area contributed by atoms with Crippen LogP contribution in [0.15, 0.2) is 36.7 Å². The lowest BCUT2D eigenvalue weighted by Crippen LogP contribution is -2.38. The van der Waals surface area contributed by atoms with E-state index in [4.69, 9.17) is 0 Å². The third-order valence-corrected chi connectivity index (χ3v) is 4.11. The summed E-state index contributed by atoms with van der Waals surface area (Å²) in [4.78, 5) is 9.36. The van der Waals surface area contributed by atoms with Crippen LogP contribution >= 0.6 is 0 Å². The van der Waals surface area contributed by atoms with Crippen LogP contribution in [0.3, 0.4) is 0 Å². The predicted molar refractivity (Wildman–Crippen MR) is 77.4 cm³/mol. The molecule has 0 saturated heterocycles. The minimum absolute atomic E-state index is 0.0211. The van der Waals surface area contributed by atoms with Crippen LogP contribution in [-0.4, -0.2) is 34.1 Å². The van der Waals surface area contributed by atoms with Crippen LogP contribution in [0.1, 0.15) is 29.4 Å². The van der Waals surface area contributed by atoms with Crippen molar-refractivity contribution in [3.8, 4) is 0 Å². The molecule has 0 bridgehead atoms. The normalized spacial score (nSPS) is 19.1. The number of alkyl halides is 3. The number of nitrogens with one attached hydrogen (secondary N) is 1. The van der Waals surface area contributed by atoms with Crippen LogP contribution in [0.2, 0.25) is 0 Å². The van der Waals surface area contributed by atoms with Crippen molar-refractivity contribution in [3.05, 3.63) is 53.6 Å². The lowest BCUT2D eigenvalue weighted by atomic mass is 9.96. The number of benzene rings is 1. The van der Waals surface area contributed by atoms with E-state index in [1.165, 1.54) is 0 Å². The number of aromatic amines is 1. The lowest BCUT2D eigenvalue weighted by molar-refractivity contribution is -0.139. The predicted octanol–water partition coefficient (Wildman–Crippen LogP) is 3.50. The zero-order valence-electron chi connectivity index (χ0n) is 12.1. The minimum Gasteiger partial charge on any atom is -0.348 e. The minimum atomic E-state index is -4.12. The average Bonchev–Trinajstić information content (AvgIpc) is 2.95. The Bertz CT molecular complexity index is 607. The lowest BCUT2D eigenvalue weighted by Gasteiger charge is -2.35. The standard InChI is InChI=1S/C16H18F3N3/c17-16(18,19)7-9-22-8-6-13-15(21-11-20-13)14(22)10-12-4-2-1-3-5-12/h1-5,11,14H,6-10H2,(H,20,21)/t14-/m0/s1. The molecular weight excluding hydrogens is 291 g/mol. The molecule has 22 heavy (non-hydrogen) atoms. The molecule has 2 aromatic rings. The van der Waals surface area contributed by atoms with Crippen molar-refractivity contribution < 1.29 is 13.2 Å². The Kier molecular flexibility index (Phi) is 4.20. The van der Waals surface area contributed by atoms with Gasteiger partial charge in [0.05, 0.1) is 24.5 Å². The summed E-state index contributed by atoms with van der Waals surface area (Å²) < 4.78 is 37.7. The first kappa shape index (κ1) is 15.1. The van der Waals surface area contributed by atoms with Gasteiger partial charge in [-0.05, 0) is 12.0 Å². The molecule has 2 heterocycles. The smallest absolute Gasteiger partial charge is 0.348 e. The van der Waals surface area contributed by atoms with Gasteiger partial charge in [0.2, 0.25) is 0 Å². The van der Waals surface area contributed by atoms with Crippen LogP contribution < -0.4 is 0 Å². The molecule has 1 N–H and O–H groups in total. The fraction of sp³-hybridized carbons (Fsp3) is 0.438. The highest BCUT2D eigenvalue weighted by atomic mass is 19.4. The molecule has 1 atom stereocenters. The van der Waals surface area contributed by atoms with E-state index >= 15 is 0 Å². The summed E-state index contributed by atoms with van der Waals surface area (Å²) >= 11 is 0. The number of fused-ring (bicyclic) bond motifs is 1. The first-order valence-corrected chi connectivity index (χ1v) is 7.40. The zero-order valence-corrected chi connectivity index (χ0v) is 12.1. The summed E-state index contributed by atoms with van der Waals surface area (Å²) in [6.07, 6.45) is -1.87. The molecule has 1 aromatic heterocycles. The second-order valence-corrected chi connectivity index (χ2v) is 5.62. The largest absolute Gasteiger partial charge is 0.390 e. The second kappa shape index (κ2) is 6.12. The highest BCUT2D eigenvalue weighted by molar-refractivity contribution is 5.24. The first-order chi connectivity index (χ1) is 10.5. The Morgan fingerprint density at radius 3 is 2.73 bits per heavy atom. The molecule has 6 heteroatoms. The average molecular weight is 309 g/mol. The molecule has 1 aliphatic rings. The van der Waals surface area contributed by atoms with E-state index in [1.54, 1.807) is 6.33 Å². The Morgan fingerprint density at radius 2 is 2.00 bits per heavy atom. The van der Waals surface area contributed by atoms with E-state index in [0.29, 0.717) is 13.0 Å². The van der Waals surface area contributed by atoms with Crippen LogP contribution in [-0.2, 0) is 12.8 Å². The van der Waals surface area contributed by atoms with Crippen molar-refractivity contribution in [2.45, 2.75) is 31.5 Å². The maximum atomic E-state index is 12.6. The van der Waals surface area contributed by atoms with E-state index in [1.807, 2.05) is 35.2 Å². The van der Waals surface area contributed by atoms with Gasteiger partial charge in [-0.1, -0.05) is 30.3 Å². The summed E-state index contributed by atoms with van der Waals surface area (Å²) in [6.45, 7) is 0.649. The van der Waals surface area contributed by atoms with Gasteiger partial charge in [0.25, 0.3) is 0 Å². The molecule has 0 amide bonds. The van der Waals surface area contributed by atoms with Crippen LogP contribution in [0.25, 0.3) is 0 Å². The number of imidazole rings is 1. The van der Waals surface area contributed by atoms with Gasteiger partial charge in [-0.2, -0.15) is 13.2 Å². The Morgan fingerprint density at radius 1 is 1.23 bits per heavy atom. The maximum Gasteiger partial charge on any atom is 0.390 e. The molecule has 3 rings (SSSR count). The van der Waals surface area contributed by atoms with Crippen molar-refractivity contribution in [2.24, 2.45) is 0 Å². The number of aromatic nitrogens is 2. The number of halogens is 3. The fourth-order valence-electron chi connectivity index (χ4n) is 3.00. The van der Waals surface area contributed by atoms with Crippen LogP contribution in [0.5, 0.6) is 0 Å². The number of rotatable bonds is 4. The highest BCUT2D eigenvalue weighted by Crippen LogP contribution is 2.32. The maximum absolute atomic E-state index is 12.6. The molecule has 0 unspecified atom stereocenters. The van der Waals surface area contributed by atoms with E-state index < -0.39 is 12.6 Å². The van der Waals surface area contributed by atoms with Gasteiger partial charge in [-0.25, -0.2) is 4.98 Å². The molecule has 0 aliphatic carbocycles. The van der Waals surface area contributed by atoms with Crippen LogP contribution in [0.4, 0.5) is 13.2 Å². The van der Waals surface area contributed by atoms with E-state index in [2.05, 4.69) is 9.97 Å². The third kappa shape index (κ3) is 3.50. The molecule has 1 aliphatic heterocycles. The zero-order chi connectivity index (χ0) is 15.6. The number of H-pyrrole nitrogens is 1. The molecule has 0 radical (unpaired) electrons. The summed E-state index contributed by atoms with van der Waals surface area (Å²) in [6, 6.07) is 9.74. The van der Waals surface area contributed by atoms with Crippen LogP contribution in [0, 0.1) is 0 Å². The highest BCUT2D eigenvalue weighted by Gasteiger charge is 2.33. The van der Waals surface area contributed by atoms with Crippen molar-refractivity contribution in [3.63, 3.8) is 0 Å². The number of hydrogen-bond acceptors (Lipinski definition) is 2. The van der Waals surface area contributed by atoms with E-state index in [9.17, 15) is 13.2 Å². The first-order valence-electron chi connectivity index (χ1n) is 7.40. The van der Waals surface area contributed by atoms with Gasteiger partial charge in [-0.15, -0.1) is 0 Å². The van der Waals surface area contributed by atoms with Crippen molar-refractivity contribution >= 4 is 0 Å². The monoisotopic (exact) mass is 309 g/mol. The molecule has 3 nitrogen and oxygen atoms in total. The molecule has 1 aromatic carbocycles. The fourth-order valence-corrected chi connectivity index (χ4v) is 3.00.